The van der Waals surface area contributed by atoms with Gasteiger partial charge in [0, 0.05) is 48.7 Å². The number of carbonyl (C=O) groups excluding carboxylic acids is 2. The number of piperidine rings is 1. The predicted molar refractivity (Wildman–Crippen MR) is 112 cm³/mol. The van der Waals surface area contributed by atoms with Crippen molar-refractivity contribution < 1.29 is 14.3 Å². The Balaban J connectivity index is 1.46. The van der Waals surface area contributed by atoms with Crippen LogP contribution in [-0.4, -0.2) is 59.1 Å². The number of hydrogen-bond acceptors (Lipinski definition) is 4. The molecule has 1 atom stereocenters. The van der Waals surface area contributed by atoms with Gasteiger partial charge in [0.25, 0.3) is 5.91 Å². The highest BCUT2D eigenvalue weighted by Gasteiger charge is 2.48. The summed E-state index contributed by atoms with van der Waals surface area (Å²) < 4.78 is 8.02. The molecule has 0 saturated carbocycles. The smallest absolute Gasteiger partial charge is 0.261 e. The first-order valence-electron chi connectivity index (χ1n) is 10.4. The average molecular weight is 399 g/mol. The number of aromatic nitrogens is 1. The van der Waals surface area contributed by atoms with Crippen LogP contribution in [0.3, 0.4) is 0 Å². The molecule has 0 bridgehead atoms. The first-order chi connectivity index (χ1) is 13.9. The third kappa shape index (κ3) is 3.83. The number of hydrogen-bond donors (Lipinski definition) is 2. The van der Waals surface area contributed by atoms with Crippen molar-refractivity contribution in [2.24, 2.45) is 7.05 Å². The molecule has 3 heterocycles. The molecule has 0 radical (unpaired) electrons. The molecule has 1 aromatic heterocycles. The number of nitrogens with zero attached hydrogens (tertiary/aromatic N) is 2. The van der Waals surface area contributed by atoms with E-state index in [-0.39, 0.29) is 30.0 Å². The summed E-state index contributed by atoms with van der Waals surface area (Å²) in [5, 5.41) is 7.49. The summed E-state index contributed by atoms with van der Waals surface area (Å²) in [4.78, 5) is 26.6. The Kier molecular flexibility index (Phi) is 5.25. The van der Waals surface area contributed by atoms with Crippen LogP contribution in [0.25, 0.3) is 10.9 Å². The van der Waals surface area contributed by atoms with Gasteiger partial charge in [-0.2, -0.15) is 0 Å². The molecule has 2 saturated heterocycles. The van der Waals surface area contributed by atoms with Crippen molar-refractivity contribution >= 4 is 22.7 Å². The second-order valence-electron chi connectivity index (χ2n) is 8.43. The molecule has 156 valence electrons. The van der Waals surface area contributed by atoms with E-state index in [9.17, 15) is 9.59 Å². The molecule has 2 fully saturated rings. The van der Waals surface area contributed by atoms with E-state index in [4.69, 9.17) is 4.74 Å². The van der Waals surface area contributed by atoms with Crippen molar-refractivity contribution in [1.82, 2.24) is 20.1 Å². The van der Waals surface area contributed by atoms with Gasteiger partial charge in [0.2, 0.25) is 5.91 Å². The van der Waals surface area contributed by atoms with Crippen LogP contribution in [0.15, 0.2) is 24.3 Å². The number of amides is 2. The summed E-state index contributed by atoms with van der Waals surface area (Å²) in [6, 6.07) is 8.06. The molecular weight excluding hydrogens is 368 g/mol. The fourth-order valence-electron chi connectivity index (χ4n) is 4.94. The van der Waals surface area contributed by atoms with Gasteiger partial charge in [-0.1, -0.05) is 0 Å². The lowest BCUT2D eigenvalue weighted by Crippen LogP contribution is -2.54. The Bertz CT molecular complexity index is 930. The number of ether oxygens (including phenoxy) is 1. The lowest BCUT2D eigenvalue weighted by Gasteiger charge is -2.41. The Morgan fingerprint density at radius 2 is 2.03 bits per heavy atom. The van der Waals surface area contributed by atoms with Crippen LogP contribution in [-0.2, 0) is 16.6 Å². The van der Waals surface area contributed by atoms with Gasteiger partial charge < -0.3 is 24.8 Å². The van der Waals surface area contributed by atoms with Gasteiger partial charge >= 0.3 is 0 Å². The SMILES string of the molecule is CC(=O)N[C@H]1CN(C(=O)COc2ccc3c(c2)cc(C)n3C)C2(CCNCC2)C1. The molecule has 1 aromatic carbocycles. The lowest BCUT2D eigenvalue weighted by molar-refractivity contribution is -0.138. The van der Waals surface area contributed by atoms with E-state index in [2.05, 4.69) is 28.2 Å². The van der Waals surface area contributed by atoms with Crippen molar-refractivity contribution in [2.45, 2.75) is 44.7 Å². The predicted octanol–water partition coefficient (Wildman–Crippen LogP) is 1.72. The number of carbonyl (C=O) groups is 2. The van der Waals surface area contributed by atoms with E-state index in [1.807, 2.05) is 30.1 Å². The maximum absolute atomic E-state index is 13.1. The molecule has 0 unspecified atom stereocenters. The Labute approximate surface area is 171 Å². The second kappa shape index (κ2) is 7.71. The molecular formula is C22H30N4O3. The largest absolute Gasteiger partial charge is 0.484 e. The zero-order valence-corrected chi connectivity index (χ0v) is 17.5. The summed E-state index contributed by atoms with van der Waals surface area (Å²) in [5.41, 5.74) is 2.15. The first kappa shape index (κ1) is 19.8. The Morgan fingerprint density at radius 3 is 2.76 bits per heavy atom. The van der Waals surface area contributed by atoms with Gasteiger partial charge in [0.05, 0.1) is 0 Å². The highest BCUT2D eigenvalue weighted by atomic mass is 16.5. The summed E-state index contributed by atoms with van der Waals surface area (Å²) in [5.74, 6) is 0.647. The third-order valence-electron chi connectivity index (χ3n) is 6.46. The van der Waals surface area contributed by atoms with E-state index in [1.54, 1.807) is 0 Å². The Morgan fingerprint density at radius 1 is 1.28 bits per heavy atom. The third-order valence-corrected chi connectivity index (χ3v) is 6.46. The number of benzene rings is 1. The zero-order chi connectivity index (χ0) is 20.6. The average Bonchev–Trinajstić information content (AvgIpc) is 3.16. The van der Waals surface area contributed by atoms with Gasteiger partial charge in [0.15, 0.2) is 6.61 Å². The Hall–Kier alpha value is -2.54. The molecule has 29 heavy (non-hydrogen) atoms. The van der Waals surface area contributed by atoms with Gasteiger partial charge in [-0.05, 0) is 63.5 Å². The summed E-state index contributed by atoms with van der Waals surface area (Å²) in [6.07, 6.45) is 2.63. The summed E-state index contributed by atoms with van der Waals surface area (Å²) in [7, 11) is 2.04. The van der Waals surface area contributed by atoms with E-state index < -0.39 is 0 Å². The standard InChI is InChI=1S/C22H30N4O3/c1-15-10-17-11-19(4-5-20(17)25(15)3)29-14-21(28)26-13-18(24-16(2)27)12-22(26)6-8-23-9-7-22/h4-5,10-11,18,23H,6-9,12-14H2,1-3H3,(H,24,27)/t18-/m1/s1. The minimum absolute atomic E-state index is 0.0101. The monoisotopic (exact) mass is 398 g/mol. The second-order valence-corrected chi connectivity index (χ2v) is 8.43. The molecule has 7 nitrogen and oxygen atoms in total. The number of likely N-dealkylation sites (tertiary alicyclic amines) is 1. The van der Waals surface area contributed by atoms with Crippen LogP contribution >= 0.6 is 0 Å². The summed E-state index contributed by atoms with van der Waals surface area (Å²) >= 11 is 0. The zero-order valence-electron chi connectivity index (χ0n) is 17.5. The first-order valence-corrected chi connectivity index (χ1v) is 10.4. The maximum Gasteiger partial charge on any atom is 0.261 e. The molecule has 2 aliphatic rings. The summed E-state index contributed by atoms with van der Waals surface area (Å²) in [6.45, 7) is 5.95. The topological polar surface area (TPSA) is 75.6 Å². The van der Waals surface area contributed by atoms with E-state index in [0.29, 0.717) is 12.3 Å². The van der Waals surface area contributed by atoms with Gasteiger partial charge in [0.1, 0.15) is 5.75 Å². The van der Waals surface area contributed by atoms with Crippen molar-refractivity contribution in [2.75, 3.05) is 26.2 Å². The van der Waals surface area contributed by atoms with Gasteiger partial charge in [-0.3, -0.25) is 9.59 Å². The van der Waals surface area contributed by atoms with Crippen LogP contribution in [0.4, 0.5) is 0 Å². The van der Waals surface area contributed by atoms with Crippen molar-refractivity contribution in [3.05, 3.63) is 30.0 Å². The fourth-order valence-corrected chi connectivity index (χ4v) is 4.94. The number of fused-ring (bicyclic) bond motifs is 1. The molecule has 7 heteroatoms. The quantitative estimate of drug-likeness (QED) is 0.822. The number of aryl methyl sites for hydroxylation is 2. The van der Waals surface area contributed by atoms with E-state index in [0.717, 1.165) is 43.3 Å². The van der Waals surface area contributed by atoms with Crippen LogP contribution in [0.2, 0.25) is 0 Å². The molecule has 2 N–H and O–H groups in total. The number of nitrogens with one attached hydrogen (secondary N) is 2. The van der Waals surface area contributed by atoms with Crippen LogP contribution in [0.1, 0.15) is 31.9 Å². The van der Waals surface area contributed by atoms with Gasteiger partial charge in [-0.25, -0.2) is 0 Å². The normalized spacial score (nSPS) is 20.9. The number of rotatable bonds is 4. The van der Waals surface area contributed by atoms with Crippen LogP contribution in [0, 0.1) is 6.92 Å². The van der Waals surface area contributed by atoms with Crippen LogP contribution < -0.4 is 15.4 Å². The maximum atomic E-state index is 13.1. The van der Waals surface area contributed by atoms with Gasteiger partial charge in [-0.15, -0.1) is 0 Å². The molecule has 2 aromatic rings. The van der Waals surface area contributed by atoms with E-state index >= 15 is 0 Å². The highest BCUT2D eigenvalue weighted by molar-refractivity contribution is 5.83. The molecule has 2 amide bonds. The minimum atomic E-state index is -0.181. The molecule has 1 spiro atoms. The highest BCUT2D eigenvalue weighted by Crippen LogP contribution is 2.37. The molecule has 2 aliphatic heterocycles. The minimum Gasteiger partial charge on any atom is -0.484 e. The van der Waals surface area contributed by atoms with Crippen LogP contribution in [0.5, 0.6) is 5.75 Å². The van der Waals surface area contributed by atoms with Crippen molar-refractivity contribution in [1.29, 1.82) is 0 Å². The fraction of sp³-hybridized carbons (Fsp3) is 0.545. The lowest BCUT2D eigenvalue weighted by atomic mass is 9.85. The van der Waals surface area contributed by atoms with Crippen molar-refractivity contribution in [3.63, 3.8) is 0 Å². The molecule has 0 aliphatic carbocycles. The van der Waals surface area contributed by atoms with Crippen molar-refractivity contribution in [3.8, 4) is 5.75 Å². The molecule has 4 rings (SSSR count). The van der Waals surface area contributed by atoms with E-state index in [1.165, 1.54) is 12.6 Å².